The van der Waals surface area contributed by atoms with Crippen molar-refractivity contribution in [3.05, 3.63) is 71.5 Å². The molecule has 31 heavy (non-hydrogen) atoms. The molecule has 0 unspecified atom stereocenters. The first-order chi connectivity index (χ1) is 14.5. The lowest BCUT2D eigenvalue weighted by Crippen LogP contribution is -2.26. The lowest BCUT2D eigenvalue weighted by Gasteiger charge is -2.18. The number of rotatable bonds is 7. The Morgan fingerprint density at radius 3 is 2.35 bits per heavy atom. The van der Waals surface area contributed by atoms with Crippen LogP contribution in [0.2, 0.25) is 0 Å². The molecule has 164 valence electrons. The van der Waals surface area contributed by atoms with E-state index < -0.39 is 22.5 Å². The largest absolute Gasteiger partial charge is 0.489 e. The second-order valence-electron chi connectivity index (χ2n) is 7.41. The first-order valence-corrected chi connectivity index (χ1v) is 10.2. The van der Waals surface area contributed by atoms with Gasteiger partial charge in [0.1, 0.15) is 28.6 Å². The first-order valence-electron chi connectivity index (χ1n) is 9.38. The summed E-state index contributed by atoms with van der Waals surface area (Å²) in [7, 11) is 0. The van der Waals surface area contributed by atoms with Gasteiger partial charge < -0.3 is 14.3 Å². The minimum atomic E-state index is -4.48. The van der Waals surface area contributed by atoms with Crippen molar-refractivity contribution >= 4 is 17.7 Å². The number of hydrogen-bond acceptors (Lipinski definition) is 4. The van der Waals surface area contributed by atoms with Crippen LogP contribution in [0.25, 0.3) is 11.3 Å². The van der Waals surface area contributed by atoms with Crippen LogP contribution in [0.15, 0.2) is 63.9 Å². The summed E-state index contributed by atoms with van der Waals surface area (Å²) in [5.74, 6) is 0.250. The van der Waals surface area contributed by atoms with E-state index in [0.29, 0.717) is 17.1 Å². The molecular weight excluding hydrogens is 429 g/mol. The molecule has 0 radical (unpaired) electrons. The maximum Gasteiger partial charge on any atom is 0.417 e. The molecule has 0 amide bonds. The monoisotopic (exact) mass is 450 g/mol. The van der Waals surface area contributed by atoms with Gasteiger partial charge in [0.25, 0.3) is 0 Å². The summed E-state index contributed by atoms with van der Waals surface area (Å²) in [5, 5.41) is 9.22. The van der Waals surface area contributed by atoms with Gasteiger partial charge in [-0.15, -0.1) is 11.8 Å². The van der Waals surface area contributed by atoms with Gasteiger partial charge in [-0.25, -0.2) is 0 Å². The summed E-state index contributed by atoms with van der Waals surface area (Å²) in [4.78, 5) is 12.0. The number of carboxylic acids is 1. The summed E-state index contributed by atoms with van der Waals surface area (Å²) in [6, 6.07) is 13.8. The predicted molar refractivity (Wildman–Crippen MR) is 112 cm³/mol. The van der Waals surface area contributed by atoms with Gasteiger partial charge in [-0.3, -0.25) is 4.79 Å². The minimum Gasteiger partial charge on any atom is -0.489 e. The number of benzene rings is 2. The lowest BCUT2D eigenvalue weighted by molar-refractivity contribution is -0.139. The zero-order valence-corrected chi connectivity index (χ0v) is 17.9. The maximum absolute atomic E-state index is 13.3. The standard InChI is InChI=1S/C23H21F3O4S/c1-14-15(12-20(30-14)18-6-4-5-7-19(18)23(24,25)26)13-29-16-8-10-17(11-9-16)31-22(2,3)21(27)28/h4-12H,13H2,1-3H3,(H,27,28). The number of thioether (sulfide) groups is 1. The van der Waals surface area contributed by atoms with Crippen molar-refractivity contribution < 1.29 is 32.2 Å². The molecule has 0 aliphatic carbocycles. The van der Waals surface area contributed by atoms with Gasteiger partial charge >= 0.3 is 12.1 Å². The highest BCUT2D eigenvalue weighted by Gasteiger charge is 2.34. The molecule has 0 saturated carbocycles. The summed E-state index contributed by atoms with van der Waals surface area (Å²) in [6.45, 7) is 5.05. The van der Waals surface area contributed by atoms with Crippen LogP contribution in [-0.4, -0.2) is 15.8 Å². The van der Waals surface area contributed by atoms with Crippen molar-refractivity contribution in [1.29, 1.82) is 0 Å². The van der Waals surface area contributed by atoms with Gasteiger partial charge in [-0.2, -0.15) is 13.2 Å². The Labute approximate surface area is 182 Å². The number of halogens is 3. The predicted octanol–water partition coefficient (Wildman–Crippen LogP) is 6.81. The molecular formula is C23H21F3O4S. The van der Waals surface area contributed by atoms with Crippen molar-refractivity contribution in [2.75, 3.05) is 0 Å². The van der Waals surface area contributed by atoms with Crippen LogP contribution in [0.4, 0.5) is 13.2 Å². The Bertz CT molecular complexity index is 1070. The van der Waals surface area contributed by atoms with Gasteiger partial charge in [0.2, 0.25) is 0 Å². The van der Waals surface area contributed by atoms with E-state index in [0.717, 1.165) is 11.0 Å². The van der Waals surface area contributed by atoms with Crippen LogP contribution >= 0.6 is 11.8 Å². The fourth-order valence-electron chi connectivity index (χ4n) is 2.84. The van der Waals surface area contributed by atoms with E-state index in [1.807, 2.05) is 0 Å². The van der Waals surface area contributed by atoms with Gasteiger partial charge in [-0.05, 0) is 57.2 Å². The Morgan fingerprint density at radius 1 is 1.10 bits per heavy atom. The van der Waals surface area contributed by atoms with Crippen molar-refractivity contribution in [3.63, 3.8) is 0 Å². The van der Waals surface area contributed by atoms with E-state index in [-0.39, 0.29) is 17.9 Å². The van der Waals surface area contributed by atoms with E-state index >= 15 is 0 Å². The smallest absolute Gasteiger partial charge is 0.417 e. The molecule has 1 N–H and O–H groups in total. The molecule has 0 fully saturated rings. The zero-order chi connectivity index (χ0) is 22.8. The van der Waals surface area contributed by atoms with Crippen molar-refractivity contribution in [2.45, 2.75) is 43.2 Å². The highest BCUT2D eigenvalue weighted by molar-refractivity contribution is 8.01. The van der Waals surface area contributed by atoms with Crippen LogP contribution in [0, 0.1) is 6.92 Å². The Morgan fingerprint density at radius 2 is 1.74 bits per heavy atom. The molecule has 0 bridgehead atoms. The van der Waals surface area contributed by atoms with Crippen LogP contribution in [0.3, 0.4) is 0 Å². The highest BCUT2D eigenvalue weighted by Crippen LogP contribution is 2.38. The quantitative estimate of drug-likeness (QED) is 0.401. The zero-order valence-electron chi connectivity index (χ0n) is 17.1. The van der Waals surface area contributed by atoms with E-state index in [9.17, 15) is 23.1 Å². The number of furan rings is 1. The fraction of sp³-hybridized carbons (Fsp3) is 0.261. The molecule has 0 aliphatic heterocycles. The third-order valence-electron chi connectivity index (χ3n) is 4.62. The third kappa shape index (κ3) is 5.44. The second-order valence-corrected chi connectivity index (χ2v) is 9.11. The number of hydrogen-bond donors (Lipinski definition) is 1. The summed E-state index contributed by atoms with van der Waals surface area (Å²) < 4.78 is 50.2. The summed E-state index contributed by atoms with van der Waals surface area (Å²) in [6.07, 6.45) is -4.48. The molecule has 4 nitrogen and oxygen atoms in total. The number of alkyl halides is 3. The first kappa shape index (κ1) is 22.8. The normalized spacial score (nSPS) is 12.1. The van der Waals surface area contributed by atoms with E-state index in [2.05, 4.69) is 0 Å². The highest BCUT2D eigenvalue weighted by atomic mass is 32.2. The average molecular weight is 450 g/mol. The van der Waals surface area contributed by atoms with E-state index in [1.165, 1.54) is 30.0 Å². The van der Waals surface area contributed by atoms with E-state index in [4.69, 9.17) is 9.15 Å². The van der Waals surface area contributed by atoms with Gasteiger partial charge in [-0.1, -0.05) is 18.2 Å². The number of aliphatic carboxylic acids is 1. The number of ether oxygens (including phenoxy) is 1. The van der Waals surface area contributed by atoms with Crippen LogP contribution < -0.4 is 4.74 Å². The molecule has 1 aromatic heterocycles. The van der Waals surface area contributed by atoms with Gasteiger partial charge in [0.05, 0.1) is 5.56 Å². The number of carboxylic acid groups (broad SMARTS) is 1. The van der Waals surface area contributed by atoms with Crippen molar-refractivity contribution in [1.82, 2.24) is 0 Å². The molecule has 0 spiro atoms. The Kier molecular flexibility index (Phi) is 6.40. The summed E-state index contributed by atoms with van der Waals surface area (Å²) >= 11 is 1.22. The number of aryl methyl sites for hydroxylation is 1. The van der Waals surface area contributed by atoms with Crippen molar-refractivity contribution in [2.24, 2.45) is 0 Å². The molecule has 0 saturated heterocycles. The fourth-order valence-corrected chi connectivity index (χ4v) is 3.79. The average Bonchev–Trinajstić information content (AvgIpc) is 3.07. The van der Waals surface area contributed by atoms with Gasteiger partial charge in [0.15, 0.2) is 0 Å². The molecule has 0 aliphatic rings. The SMILES string of the molecule is Cc1oc(-c2ccccc2C(F)(F)F)cc1COc1ccc(SC(C)(C)C(=O)O)cc1. The third-order valence-corrected chi connectivity index (χ3v) is 5.82. The molecule has 3 rings (SSSR count). The van der Waals surface area contributed by atoms with Crippen molar-refractivity contribution in [3.8, 4) is 17.1 Å². The molecule has 3 aromatic rings. The maximum atomic E-state index is 13.3. The molecule has 8 heteroatoms. The molecule has 2 aromatic carbocycles. The molecule has 1 heterocycles. The topological polar surface area (TPSA) is 59.7 Å². The molecule has 0 atom stereocenters. The number of carbonyl (C=O) groups is 1. The van der Waals surface area contributed by atoms with Crippen LogP contribution in [0.5, 0.6) is 5.75 Å². The van der Waals surface area contributed by atoms with Crippen LogP contribution in [0.1, 0.15) is 30.7 Å². The minimum absolute atomic E-state index is 0.0215. The van der Waals surface area contributed by atoms with Crippen LogP contribution in [-0.2, 0) is 17.6 Å². The second kappa shape index (κ2) is 8.70. The summed E-state index contributed by atoms with van der Waals surface area (Å²) in [5.41, 5.74) is -0.141. The Hall–Kier alpha value is -2.87. The lowest BCUT2D eigenvalue weighted by atomic mass is 10.0. The van der Waals surface area contributed by atoms with Gasteiger partial charge in [0, 0.05) is 16.0 Å². The Balaban J connectivity index is 1.72. The van der Waals surface area contributed by atoms with E-state index in [1.54, 1.807) is 51.1 Å².